The van der Waals surface area contributed by atoms with E-state index in [0.29, 0.717) is 12.1 Å². The van der Waals surface area contributed by atoms with Gasteiger partial charge in [0.2, 0.25) is 0 Å². The Morgan fingerprint density at radius 2 is 2.25 bits per heavy atom. The highest BCUT2D eigenvalue weighted by molar-refractivity contribution is 5.94. The quantitative estimate of drug-likeness (QED) is 0.886. The summed E-state index contributed by atoms with van der Waals surface area (Å²) in [7, 11) is 0. The Hall–Kier alpha value is -1.85. The molecule has 1 amide bonds. The van der Waals surface area contributed by atoms with Crippen LogP contribution in [-0.4, -0.2) is 34.8 Å². The van der Waals surface area contributed by atoms with E-state index in [2.05, 4.69) is 15.7 Å². The van der Waals surface area contributed by atoms with Gasteiger partial charge in [-0.05, 0) is 23.8 Å². The fourth-order valence-electron chi connectivity index (χ4n) is 2.05. The summed E-state index contributed by atoms with van der Waals surface area (Å²) in [6.07, 6.45) is 3.66. The van der Waals surface area contributed by atoms with Crippen molar-refractivity contribution in [2.45, 2.75) is 12.6 Å². The first-order chi connectivity index (χ1) is 9.31. The molecule has 1 aromatic heterocycles. The number of benzene rings is 1. The average Bonchev–Trinajstić information content (AvgIpc) is 2.87. The number of amides is 1. The van der Waals surface area contributed by atoms with Crippen molar-refractivity contribution < 1.29 is 4.79 Å². The van der Waals surface area contributed by atoms with Gasteiger partial charge in [0.05, 0.1) is 12.6 Å². The molecule has 2 aromatic rings. The largest absolute Gasteiger partial charge is 0.347 e. The number of halogens is 1. The number of aromatic nitrogens is 2. The Kier molecular flexibility index (Phi) is 4.76. The van der Waals surface area contributed by atoms with Crippen LogP contribution in [0.4, 0.5) is 0 Å². The van der Waals surface area contributed by atoms with Crippen molar-refractivity contribution >= 4 is 18.3 Å². The van der Waals surface area contributed by atoms with Crippen LogP contribution in [0.2, 0.25) is 0 Å². The van der Waals surface area contributed by atoms with Gasteiger partial charge in [-0.2, -0.15) is 5.10 Å². The molecule has 0 unspecified atom stereocenters. The van der Waals surface area contributed by atoms with Gasteiger partial charge in [0.1, 0.15) is 0 Å². The predicted molar refractivity (Wildman–Crippen MR) is 79.1 cm³/mol. The summed E-state index contributed by atoms with van der Waals surface area (Å²) in [5.41, 5.74) is 1.78. The third-order valence-electron chi connectivity index (χ3n) is 3.21. The molecule has 5 nitrogen and oxygen atoms in total. The van der Waals surface area contributed by atoms with Crippen LogP contribution >= 0.6 is 12.4 Å². The van der Waals surface area contributed by atoms with E-state index in [0.717, 1.165) is 18.7 Å². The Morgan fingerprint density at radius 3 is 2.90 bits per heavy atom. The molecule has 2 N–H and O–H groups in total. The van der Waals surface area contributed by atoms with Gasteiger partial charge >= 0.3 is 0 Å². The van der Waals surface area contributed by atoms with Gasteiger partial charge in [0, 0.05) is 31.0 Å². The van der Waals surface area contributed by atoms with Gasteiger partial charge in [0.15, 0.2) is 0 Å². The lowest BCUT2D eigenvalue weighted by Gasteiger charge is -2.27. The molecule has 1 aromatic carbocycles. The summed E-state index contributed by atoms with van der Waals surface area (Å²) >= 11 is 0. The second-order valence-electron chi connectivity index (χ2n) is 4.73. The lowest BCUT2D eigenvalue weighted by Crippen LogP contribution is -2.56. The smallest absolute Gasteiger partial charge is 0.251 e. The minimum Gasteiger partial charge on any atom is -0.347 e. The molecule has 0 radical (unpaired) electrons. The number of hydrogen-bond acceptors (Lipinski definition) is 3. The van der Waals surface area contributed by atoms with Gasteiger partial charge in [-0.1, -0.05) is 12.1 Å². The number of carbonyl (C=O) groups is 1. The predicted octanol–water partition coefficient (Wildman–Crippen LogP) is 1.05. The first-order valence-electron chi connectivity index (χ1n) is 6.39. The van der Waals surface area contributed by atoms with Crippen molar-refractivity contribution in [3.05, 3.63) is 53.9 Å². The van der Waals surface area contributed by atoms with Crippen LogP contribution in [0.1, 0.15) is 15.9 Å². The number of carbonyl (C=O) groups excluding carboxylic acids is 1. The third-order valence-corrected chi connectivity index (χ3v) is 3.21. The van der Waals surface area contributed by atoms with E-state index in [1.807, 2.05) is 41.2 Å². The normalized spacial score (nSPS) is 14.2. The van der Waals surface area contributed by atoms with Crippen molar-refractivity contribution in [1.82, 2.24) is 20.4 Å². The summed E-state index contributed by atoms with van der Waals surface area (Å²) in [4.78, 5) is 12.0. The molecule has 1 aliphatic heterocycles. The second-order valence-corrected chi connectivity index (χ2v) is 4.73. The van der Waals surface area contributed by atoms with Crippen molar-refractivity contribution in [3.63, 3.8) is 0 Å². The third kappa shape index (κ3) is 3.37. The van der Waals surface area contributed by atoms with E-state index in [9.17, 15) is 4.79 Å². The molecule has 0 spiro atoms. The zero-order valence-electron chi connectivity index (χ0n) is 11.0. The van der Waals surface area contributed by atoms with Crippen LogP contribution in [0.25, 0.3) is 0 Å². The molecule has 3 rings (SSSR count). The molecule has 6 heteroatoms. The maximum absolute atomic E-state index is 12.0. The highest BCUT2D eigenvalue weighted by Crippen LogP contribution is 2.08. The molecule has 2 heterocycles. The van der Waals surface area contributed by atoms with E-state index in [4.69, 9.17) is 0 Å². The molecule has 1 saturated heterocycles. The molecule has 1 fully saturated rings. The second kappa shape index (κ2) is 6.54. The summed E-state index contributed by atoms with van der Waals surface area (Å²) in [5.74, 6) is -0.00573. The van der Waals surface area contributed by atoms with E-state index >= 15 is 0 Å². The van der Waals surface area contributed by atoms with E-state index in [-0.39, 0.29) is 24.4 Å². The van der Waals surface area contributed by atoms with Crippen molar-refractivity contribution in [3.8, 4) is 0 Å². The minimum atomic E-state index is -0.00573. The molecule has 20 heavy (non-hydrogen) atoms. The van der Waals surface area contributed by atoms with Crippen molar-refractivity contribution in [2.75, 3.05) is 13.1 Å². The van der Waals surface area contributed by atoms with E-state index in [1.54, 1.807) is 6.20 Å². The number of hydrogen-bond donors (Lipinski definition) is 2. The van der Waals surface area contributed by atoms with Gasteiger partial charge < -0.3 is 10.6 Å². The molecule has 0 bridgehead atoms. The van der Waals surface area contributed by atoms with E-state index < -0.39 is 0 Å². The van der Waals surface area contributed by atoms with Gasteiger partial charge in [-0.3, -0.25) is 9.48 Å². The van der Waals surface area contributed by atoms with Gasteiger partial charge in [0.25, 0.3) is 5.91 Å². The zero-order chi connectivity index (χ0) is 13.1. The Labute approximate surface area is 123 Å². The first kappa shape index (κ1) is 14.6. The number of rotatable bonds is 4. The molecular formula is C14H17ClN4O. The highest BCUT2D eigenvalue weighted by Gasteiger charge is 2.19. The highest BCUT2D eigenvalue weighted by atomic mass is 35.5. The molecule has 0 atom stereocenters. The number of nitrogens with one attached hydrogen (secondary N) is 2. The van der Waals surface area contributed by atoms with Crippen LogP contribution in [-0.2, 0) is 6.54 Å². The SMILES string of the molecule is Cl.O=C(NC1CNC1)c1cccc(Cn2cccn2)c1. The van der Waals surface area contributed by atoms with E-state index in [1.165, 1.54) is 0 Å². The van der Waals surface area contributed by atoms with Crippen molar-refractivity contribution in [1.29, 1.82) is 0 Å². The maximum Gasteiger partial charge on any atom is 0.251 e. The fraction of sp³-hybridized carbons (Fsp3) is 0.286. The average molecular weight is 293 g/mol. The van der Waals surface area contributed by atoms with Crippen LogP contribution < -0.4 is 10.6 Å². The Balaban J connectivity index is 0.00000147. The van der Waals surface area contributed by atoms with Gasteiger partial charge in [-0.25, -0.2) is 0 Å². The summed E-state index contributed by atoms with van der Waals surface area (Å²) in [5, 5.41) is 10.3. The topological polar surface area (TPSA) is 59.0 Å². The Bertz CT molecular complexity index is 566. The molecule has 1 aliphatic rings. The van der Waals surface area contributed by atoms with Crippen LogP contribution in [0.3, 0.4) is 0 Å². The summed E-state index contributed by atoms with van der Waals surface area (Å²) in [6, 6.07) is 9.83. The van der Waals surface area contributed by atoms with Gasteiger partial charge in [-0.15, -0.1) is 12.4 Å². The molecule has 0 aliphatic carbocycles. The molecule has 106 valence electrons. The van der Waals surface area contributed by atoms with Crippen LogP contribution in [0.15, 0.2) is 42.7 Å². The minimum absolute atomic E-state index is 0. The monoisotopic (exact) mass is 292 g/mol. The standard InChI is InChI=1S/C14H16N4O.ClH/c19-14(17-13-8-15-9-13)12-4-1-3-11(7-12)10-18-6-2-5-16-18;/h1-7,13,15H,8-10H2,(H,17,19);1H. The number of nitrogens with zero attached hydrogens (tertiary/aromatic N) is 2. The zero-order valence-corrected chi connectivity index (χ0v) is 11.8. The fourth-order valence-corrected chi connectivity index (χ4v) is 2.05. The van der Waals surface area contributed by atoms with Crippen molar-refractivity contribution in [2.24, 2.45) is 0 Å². The van der Waals surface area contributed by atoms with Crippen LogP contribution in [0, 0.1) is 0 Å². The molecular weight excluding hydrogens is 276 g/mol. The first-order valence-corrected chi connectivity index (χ1v) is 6.39. The lowest BCUT2D eigenvalue weighted by atomic mass is 10.1. The summed E-state index contributed by atoms with van der Waals surface area (Å²) in [6.45, 7) is 2.40. The lowest BCUT2D eigenvalue weighted by molar-refractivity contribution is 0.0924. The maximum atomic E-state index is 12.0. The Morgan fingerprint density at radius 1 is 1.40 bits per heavy atom. The molecule has 0 saturated carbocycles. The summed E-state index contributed by atoms with van der Waals surface area (Å²) < 4.78 is 1.84. The van der Waals surface area contributed by atoms with Crippen LogP contribution in [0.5, 0.6) is 0 Å².